The number of nitrogens with zero attached hydrogens (tertiary/aromatic N) is 1. The Balaban J connectivity index is 1.80. The molecule has 1 saturated heterocycles. The summed E-state index contributed by atoms with van der Waals surface area (Å²) in [5.41, 5.74) is 1.18. The van der Waals surface area contributed by atoms with Crippen molar-refractivity contribution in [3.05, 3.63) is 47.7 Å². The minimum absolute atomic E-state index is 0.110. The lowest BCUT2D eigenvalue weighted by molar-refractivity contribution is -0.223. The van der Waals surface area contributed by atoms with Gasteiger partial charge in [0.15, 0.2) is 5.79 Å². The van der Waals surface area contributed by atoms with Crippen molar-refractivity contribution in [3.63, 3.8) is 0 Å². The van der Waals surface area contributed by atoms with Crippen LogP contribution in [0.5, 0.6) is 0 Å². The Bertz CT molecular complexity index is 529. The highest BCUT2D eigenvalue weighted by Crippen LogP contribution is 2.32. The lowest BCUT2D eigenvalue weighted by Gasteiger charge is -2.37. The zero-order chi connectivity index (χ0) is 15.6. The molecular weight excluding hydrogens is 282 g/mol. The van der Waals surface area contributed by atoms with Crippen LogP contribution in [0.4, 0.5) is 0 Å². The minimum Gasteiger partial charge on any atom is -0.499 e. The number of methoxy groups -OCH3 is 1. The third-order valence-corrected chi connectivity index (χ3v) is 3.93. The molecule has 0 radical (unpaired) electrons. The highest BCUT2D eigenvalue weighted by molar-refractivity contribution is 5.16. The van der Waals surface area contributed by atoms with Crippen LogP contribution in [0.15, 0.2) is 42.2 Å². The molecule has 0 aromatic heterocycles. The van der Waals surface area contributed by atoms with Crippen molar-refractivity contribution in [1.82, 2.24) is 5.06 Å². The van der Waals surface area contributed by atoms with Gasteiger partial charge in [-0.2, -0.15) is 5.06 Å². The number of hydrogen-bond acceptors (Lipinski definition) is 5. The quantitative estimate of drug-likeness (QED) is 0.855. The third-order valence-electron chi connectivity index (χ3n) is 3.93. The molecule has 2 aliphatic rings. The normalized spacial score (nSPS) is 28.4. The first-order valence-electron chi connectivity index (χ1n) is 7.58. The van der Waals surface area contributed by atoms with Gasteiger partial charge in [0.05, 0.1) is 26.9 Å². The molecule has 1 aromatic carbocycles. The molecule has 120 valence electrons. The standard InChI is InChI=1S/C17H23NO4/c1-17(2)20-12-15(22-17)16-14(19-3)9-10-21-18(16)11-13-7-5-4-6-8-13/h4-9,15-16H,10-12H2,1-3H3. The van der Waals surface area contributed by atoms with E-state index in [1.165, 1.54) is 5.56 Å². The van der Waals surface area contributed by atoms with Crippen LogP contribution in [0.2, 0.25) is 0 Å². The summed E-state index contributed by atoms with van der Waals surface area (Å²) in [7, 11) is 1.69. The molecule has 0 saturated carbocycles. The largest absolute Gasteiger partial charge is 0.499 e. The summed E-state index contributed by atoms with van der Waals surface area (Å²) in [5.74, 6) is 0.299. The van der Waals surface area contributed by atoms with Crippen molar-refractivity contribution < 1.29 is 19.0 Å². The predicted octanol–water partition coefficient (Wildman–Crippen LogP) is 2.48. The summed E-state index contributed by atoms with van der Waals surface area (Å²) in [6.45, 7) is 5.55. The summed E-state index contributed by atoms with van der Waals surface area (Å²) in [5, 5.41) is 1.93. The van der Waals surface area contributed by atoms with Crippen LogP contribution in [0, 0.1) is 0 Å². The van der Waals surface area contributed by atoms with Gasteiger partial charge in [0.25, 0.3) is 0 Å². The van der Waals surface area contributed by atoms with Crippen LogP contribution in [0.1, 0.15) is 19.4 Å². The van der Waals surface area contributed by atoms with Gasteiger partial charge in [-0.3, -0.25) is 4.84 Å². The molecule has 2 atom stereocenters. The van der Waals surface area contributed by atoms with Gasteiger partial charge in [0.1, 0.15) is 17.9 Å². The predicted molar refractivity (Wildman–Crippen MR) is 81.7 cm³/mol. The van der Waals surface area contributed by atoms with E-state index in [4.69, 9.17) is 19.0 Å². The lowest BCUT2D eigenvalue weighted by atomic mass is 10.1. The van der Waals surface area contributed by atoms with Gasteiger partial charge in [-0.05, 0) is 25.5 Å². The first-order chi connectivity index (χ1) is 10.6. The van der Waals surface area contributed by atoms with Crippen molar-refractivity contribution in [2.45, 2.75) is 38.3 Å². The molecule has 22 heavy (non-hydrogen) atoms. The van der Waals surface area contributed by atoms with Gasteiger partial charge in [-0.1, -0.05) is 30.3 Å². The molecule has 0 N–H and O–H groups in total. The Kier molecular flexibility index (Phi) is 4.49. The maximum atomic E-state index is 6.02. The Morgan fingerprint density at radius 3 is 2.68 bits per heavy atom. The van der Waals surface area contributed by atoms with Crippen molar-refractivity contribution in [1.29, 1.82) is 0 Å². The van der Waals surface area contributed by atoms with E-state index in [9.17, 15) is 0 Å². The second kappa shape index (κ2) is 6.38. The second-order valence-electron chi connectivity index (χ2n) is 5.98. The Morgan fingerprint density at radius 1 is 1.27 bits per heavy atom. The van der Waals surface area contributed by atoms with Crippen LogP contribution in [0.3, 0.4) is 0 Å². The summed E-state index contributed by atoms with van der Waals surface area (Å²) in [6.07, 6.45) is 1.84. The summed E-state index contributed by atoms with van der Waals surface area (Å²) in [4.78, 5) is 5.85. The van der Waals surface area contributed by atoms with Gasteiger partial charge < -0.3 is 14.2 Å². The fraction of sp³-hybridized carbons (Fsp3) is 0.529. The van der Waals surface area contributed by atoms with E-state index in [1.807, 2.05) is 43.2 Å². The molecule has 2 heterocycles. The fourth-order valence-electron chi connectivity index (χ4n) is 2.91. The van der Waals surface area contributed by atoms with Gasteiger partial charge in [-0.25, -0.2) is 0 Å². The molecule has 2 unspecified atom stereocenters. The van der Waals surface area contributed by atoms with Crippen molar-refractivity contribution in [3.8, 4) is 0 Å². The summed E-state index contributed by atoms with van der Waals surface area (Å²) >= 11 is 0. The molecule has 5 heteroatoms. The van der Waals surface area contributed by atoms with Crippen LogP contribution in [-0.2, 0) is 25.6 Å². The van der Waals surface area contributed by atoms with Gasteiger partial charge in [-0.15, -0.1) is 0 Å². The van der Waals surface area contributed by atoms with Crippen LogP contribution >= 0.6 is 0 Å². The minimum atomic E-state index is -0.570. The fourth-order valence-corrected chi connectivity index (χ4v) is 2.91. The van der Waals surface area contributed by atoms with Crippen molar-refractivity contribution in [2.24, 2.45) is 0 Å². The van der Waals surface area contributed by atoms with Gasteiger partial charge in [0.2, 0.25) is 0 Å². The highest BCUT2D eigenvalue weighted by atomic mass is 16.8. The highest BCUT2D eigenvalue weighted by Gasteiger charge is 2.43. The van der Waals surface area contributed by atoms with E-state index in [0.29, 0.717) is 19.8 Å². The van der Waals surface area contributed by atoms with Crippen LogP contribution < -0.4 is 0 Å². The summed E-state index contributed by atoms with van der Waals surface area (Å²) in [6, 6.07) is 10.1. The molecule has 0 spiro atoms. The van der Waals surface area contributed by atoms with Crippen molar-refractivity contribution >= 4 is 0 Å². The second-order valence-corrected chi connectivity index (χ2v) is 5.98. The monoisotopic (exact) mass is 305 g/mol. The van der Waals surface area contributed by atoms with E-state index in [0.717, 1.165) is 5.76 Å². The maximum Gasteiger partial charge on any atom is 0.163 e. The number of benzene rings is 1. The SMILES string of the molecule is COC1=CCON(Cc2ccccc2)C1C1COC(C)(C)O1. The first-order valence-corrected chi connectivity index (χ1v) is 7.58. The smallest absolute Gasteiger partial charge is 0.163 e. The third kappa shape index (κ3) is 3.33. The average Bonchev–Trinajstić information content (AvgIpc) is 2.88. The van der Waals surface area contributed by atoms with Crippen molar-refractivity contribution in [2.75, 3.05) is 20.3 Å². The van der Waals surface area contributed by atoms with Crippen LogP contribution in [0.25, 0.3) is 0 Å². The zero-order valence-electron chi connectivity index (χ0n) is 13.3. The molecule has 5 nitrogen and oxygen atoms in total. The molecule has 3 rings (SSSR count). The molecule has 0 amide bonds. The lowest BCUT2D eigenvalue weighted by Crippen LogP contribution is -2.48. The Morgan fingerprint density at radius 2 is 2.05 bits per heavy atom. The molecule has 2 aliphatic heterocycles. The van der Waals surface area contributed by atoms with Gasteiger partial charge in [0, 0.05) is 0 Å². The molecule has 0 bridgehead atoms. The molecule has 1 aromatic rings. The Hall–Kier alpha value is -1.40. The first kappa shape index (κ1) is 15.5. The Labute approximate surface area is 131 Å². The average molecular weight is 305 g/mol. The maximum absolute atomic E-state index is 6.02. The molecule has 1 fully saturated rings. The topological polar surface area (TPSA) is 40.2 Å². The number of hydrogen-bond donors (Lipinski definition) is 0. The van der Waals surface area contributed by atoms with E-state index < -0.39 is 5.79 Å². The number of ether oxygens (including phenoxy) is 3. The van der Waals surface area contributed by atoms with E-state index in [-0.39, 0.29) is 12.1 Å². The van der Waals surface area contributed by atoms with E-state index in [2.05, 4.69) is 12.1 Å². The number of hydroxylamine groups is 2. The summed E-state index contributed by atoms with van der Waals surface area (Å²) < 4.78 is 17.3. The molecule has 0 aliphatic carbocycles. The molecular formula is C17H23NO4. The number of rotatable bonds is 4. The van der Waals surface area contributed by atoms with Crippen LogP contribution in [-0.4, -0.2) is 43.3 Å². The van der Waals surface area contributed by atoms with Gasteiger partial charge >= 0.3 is 0 Å². The van der Waals surface area contributed by atoms with E-state index >= 15 is 0 Å². The van der Waals surface area contributed by atoms with E-state index in [1.54, 1.807) is 7.11 Å². The zero-order valence-corrected chi connectivity index (χ0v) is 13.3.